The lowest BCUT2D eigenvalue weighted by Crippen LogP contribution is -2.39. The number of aryl methyl sites for hydroxylation is 2. The number of para-hydroxylation sites is 1. The molecule has 2 atom stereocenters. The lowest BCUT2D eigenvalue weighted by Gasteiger charge is -2.32. The molecule has 0 fully saturated rings. The predicted octanol–water partition coefficient (Wildman–Crippen LogP) is 6.39. The number of ether oxygens (including phenoxy) is 1. The van der Waals surface area contributed by atoms with Crippen LogP contribution in [0.1, 0.15) is 76.9 Å². The van der Waals surface area contributed by atoms with Crippen LogP contribution in [0.4, 0.5) is 0 Å². The van der Waals surface area contributed by atoms with E-state index in [1.807, 2.05) is 61.2 Å². The Balaban J connectivity index is 2.12. The zero-order valence-electron chi connectivity index (χ0n) is 23.8. The third-order valence-corrected chi connectivity index (χ3v) is 6.94. The van der Waals surface area contributed by atoms with Crippen LogP contribution in [0.25, 0.3) is 16.6 Å². The van der Waals surface area contributed by atoms with E-state index in [0.29, 0.717) is 42.7 Å². The van der Waals surface area contributed by atoms with Crippen molar-refractivity contribution in [3.8, 4) is 5.69 Å². The summed E-state index contributed by atoms with van der Waals surface area (Å²) in [6.45, 7) is 15.9. The molecular formula is C31H43N3O3. The number of benzene rings is 2. The first kappa shape index (κ1) is 28.6. The predicted molar refractivity (Wildman–Crippen MR) is 151 cm³/mol. The topological polar surface area (TPSA) is 64.4 Å². The first-order chi connectivity index (χ1) is 17.4. The average molecular weight is 506 g/mol. The van der Waals surface area contributed by atoms with Crippen molar-refractivity contribution in [1.29, 1.82) is 0 Å². The average Bonchev–Trinajstić information content (AvgIpc) is 2.82. The van der Waals surface area contributed by atoms with Gasteiger partial charge in [-0.3, -0.25) is 14.2 Å². The van der Waals surface area contributed by atoms with Crippen LogP contribution >= 0.6 is 0 Å². The summed E-state index contributed by atoms with van der Waals surface area (Å²) in [5, 5.41) is 0.563. The van der Waals surface area contributed by atoms with Crippen LogP contribution < -0.4 is 5.56 Å². The van der Waals surface area contributed by atoms with Crippen molar-refractivity contribution >= 4 is 16.8 Å². The molecule has 0 spiro atoms. The van der Waals surface area contributed by atoms with Crippen LogP contribution in [0.2, 0.25) is 0 Å². The maximum absolute atomic E-state index is 13.8. The zero-order chi connectivity index (χ0) is 27.3. The van der Waals surface area contributed by atoms with E-state index < -0.39 is 6.04 Å². The highest BCUT2D eigenvalue weighted by molar-refractivity contribution is 5.79. The maximum Gasteiger partial charge on any atom is 0.266 e. The Kier molecular flexibility index (Phi) is 9.30. The Morgan fingerprint density at radius 1 is 1.08 bits per heavy atom. The second-order valence-electron chi connectivity index (χ2n) is 11.6. The molecule has 6 nitrogen and oxygen atoms in total. The van der Waals surface area contributed by atoms with Crippen molar-refractivity contribution in [3.05, 3.63) is 69.8 Å². The summed E-state index contributed by atoms with van der Waals surface area (Å²) in [5.41, 5.74) is 3.68. The van der Waals surface area contributed by atoms with Crippen LogP contribution in [-0.4, -0.2) is 40.6 Å². The van der Waals surface area contributed by atoms with Crippen LogP contribution in [0, 0.1) is 25.2 Å². The van der Waals surface area contributed by atoms with Gasteiger partial charge < -0.3 is 9.64 Å². The van der Waals surface area contributed by atoms with Crippen molar-refractivity contribution in [2.75, 3.05) is 20.3 Å². The largest absolute Gasteiger partial charge is 0.385 e. The molecule has 1 aromatic heterocycles. The lowest BCUT2D eigenvalue weighted by molar-refractivity contribution is -0.134. The number of nitrogens with zero attached hydrogens (tertiary/aromatic N) is 3. The summed E-state index contributed by atoms with van der Waals surface area (Å²) in [4.78, 5) is 34.4. The zero-order valence-corrected chi connectivity index (χ0v) is 23.8. The molecule has 2 aromatic carbocycles. The Morgan fingerprint density at radius 2 is 1.78 bits per heavy atom. The van der Waals surface area contributed by atoms with Crippen LogP contribution in [0.3, 0.4) is 0 Å². The monoisotopic (exact) mass is 505 g/mol. The van der Waals surface area contributed by atoms with E-state index in [9.17, 15) is 9.59 Å². The summed E-state index contributed by atoms with van der Waals surface area (Å²) in [6, 6.07) is 13.0. The van der Waals surface area contributed by atoms with Gasteiger partial charge in [0.05, 0.1) is 22.6 Å². The normalized spacial score (nSPS) is 13.5. The van der Waals surface area contributed by atoms with Gasteiger partial charge >= 0.3 is 0 Å². The van der Waals surface area contributed by atoms with Crippen LogP contribution in [0.15, 0.2) is 47.3 Å². The van der Waals surface area contributed by atoms with Crippen LogP contribution in [-0.2, 0) is 9.53 Å². The van der Waals surface area contributed by atoms with E-state index in [-0.39, 0.29) is 22.8 Å². The quantitative estimate of drug-likeness (QED) is 0.300. The molecule has 3 aromatic rings. The molecule has 37 heavy (non-hydrogen) atoms. The first-order valence-electron chi connectivity index (χ1n) is 13.3. The maximum atomic E-state index is 13.8. The number of rotatable bonds is 10. The van der Waals surface area contributed by atoms with Gasteiger partial charge in [-0.25, -0.2) is 4.98 Å². The standard InChI is InChI=1S/C31H43N3O3/c1-21(20-31(5,6)7)18-28(35)33(16-11-17-37-8)24(4)29-32-27-13-10-9-12-26(27)30(36)34(29)25-15-14-22(2)23(3)19-25/h9-10,12-15,19,21,24H,11,16-18,20H2,1-8H3. The molecule has 1 amide bonds. The minimum atomic E-state index is -0.398. The minimum Gasteiger partial charge on any atom is -0.385 e. The fourth-order valence-corrected chi connectivity index (χ4v) is 5.13. The molecular weight excluding hydrogens is 462 g/mol. The first-order valence-corrected chi connectivity index (χ1v) is 13.3. The van der Waals surface area contributed by atoms with E-state index in [0.717, 1.165) is 23.2 Å². The Morgan fingerprint density at radius 3 is 2.43 bits per heavy atom. The van der Waals surface area contributed by atoms with Gasteiger partial charge in [0, 0.05) is 26.7 Å². The van der Waals surface area contributed by atoms with E-state index >= 15 is 0 Å². The van der Waals surface area contributed by atoms with E-state index in [1.54, 1.807) is 11.7 Å². The molecule has 0 bridgehead atoms. The van der Waals surface area contributed by atoms with Crippen molar-refractivity contribution < 1.29 is 9.53 Å². The molecule has 3 rings (SSSR count). The van der Waals surface area contributed by atoms with Gasteiger partial charge in [0.15, 0.2) is 0 Å². The van der Waals surface area contributed by atoms with Gasteiger partial charge in [0.2, 0.25) is 5.91 Å². The molecule has 200 valence electrons. The molecule has 2 unspecified atom stereocenters. The van der Waals surface area contributed by atoms with Crippen molar-refractivity contribution in [1.82, 2.24) is 14.5 Å². The Bertz CT molecular complexity index is 1290. The Labute approximate surface area is 221 Å². The van der Waals surface area contributed by atoms with Gasteiger partial charge in [-0.1, -0.05) is 45.9 Å². The second kappa shape index (κ2) is 12.0. The third kappa shape index (κ3) is 7.07. The second-order valence-corrected chi connectivity index (χ2v) is 11.6. The summed E-state index contributed by atoms with van der Waals surface area (Å²) >= 11 is 0. The number of hydrogen-bond donors (Lipinski definition) is 0. The van der Waals surface area contributed by atoms with Gasteiger partial charge in [-0.15, -0.1) is 0 Å². The van der Waals surface area contributed by atoms with Crippen molar-refractivity contribution in [2.45, 2.75) is 73.8 Å². The molecule has 0 saturated heterocycles. The van der Waals surface area contributed by atoms with Crippen molar-refractivity contribution in [3.63, 3.8) is 0 Å². The fourth-order valence-electron chi connectivity index (χ4n) is 5.13. The summed E-state index contributed by atoms with van der Waals surface area (Å²) < 4.78 is 6.98. The van der Waals surface area contributed by atoms with Gasteiger partial charge in [0.25, 0.3) is 5.56 Å². The number of fused-ring (bicyclic) bond motifs is 1. The smallest absolute Gasteiger partial charge is 0.266 e. The van der Waals surface area contributed by atoms with Crippen LogP contribution in [0.5, 0.6) is 0 Å². The molecule has 1 heterocycles. The van der Waals surface area contributed by atoms with Gasteiger partial charge in [-0.05, 0) is 80.3 Å². The number of methoxy groups -OCH3 is 1. The van der Waals surface area contributed by atoms with E-state index in [4.69, 9.17) is 9.72 Å². The summed E-state index contributed by atoms with van der Waals surface area (Å²) in [7, 11) is 1.67. The highest BCUT2D eigenvalue weighted by Crippen LogP contribution is 2.29. The molecule has 0 aliphatic rings. The number of carbonyl (C=O) groups is 1. The minimum absolute atomic E-state index is 0.0781. The van der Waals surface area contributed by atoms with Gasteiger partial charge in [0.1, 0.15) is 5.82 Å². The lowest BCUT2D eigenvalue weighted by atomic mass is 9.84. The molecule has 0 saturated carbocycles. The number of hydrogen-bond acceptors (Lipinski definition) is 4. The fraction of sp³-hybridized carbons (Fsp3) is 0.516. The van der Waals surface area contributed by atoms with Crippen molar-refractivity contribution in [2.24, 2.45) is 11.3 Å². The molecule has 0 aliphatic carbocycles. The summed E-state index contributed by atoms with van der Waals surface area (Å²) in [6.07, 6.45) is 2.12. The highest BCUT2D eigenvalue weighted by atomic mass is 16.5. The molecule has 6 heteroatoms. The number of aromatic nitrogens is 2. The SMILES string of the molecule is COCCCN(C(=O)CC(C)CC(C)(C)C)C(C)c1nc2ccccc2c(=O)n1-c1ccc(C)c(C)c1. The van der Waals surface area contributed by atoms with E-state index in [2.05, 4.69) is 34.6 Å². The summed E-state index contributed by atoms with van der Waals surface area (Å²) in [5.74, 6) is 0.895. The number of amides is 1. The molecule has 0 N–H and O–H groups in total. The Hall–Kier alpha value is -2.99. The van der Waals surface area contributed by atoms with Gasteiger partial charge in [-0.2, -0.15) is 0 Å². The molecule has 0 aliphatic heterocycles. The third-order valence-electron chi connectivity index (χ3n) is 6.94. The number of carbonyl (C=O) groups excluding carboxylic acids is 1. The van der Waals surface area contributed by atoms with E-state index in [1.165, 1.54) is 0 Å². The molecule has 0 radical (unpaired) electrons. The highest BCUT2D eigenvalue weighted by Gasteiger charge is 2.28.